The van der Waals surface area contributed by atoms with Crippen LogP contribution in [0.15, 0.2) is 22.7 Å². The van der Waals surface area contributed by atoms with Gasteiger partial charge in [-0.3, -0.25) is 10.1 Å². The van der Waals surface area contributed by atoms with Crippen molar-refractivity contribution in [3.05, 3.63) is 40.0 Å². The van der Waals surface area contributed by atoms with Gasteiger partial charge in [0, 0.05) is 6.07 Å². The van der Waals surface area contributed by atoms with Crippen LogP contribution in [0.2, 0.25) is 0 Å². The number of piperidine rings is 1. The van der Waals surface area contributed by atoms with E-state index in [9.17, 15) is 14.5 Å². The highest BCUT2D eigenvalue weighted by atomic mass is 19.1. The monoisotopic (exact) mass is 292 g/mol. The molecule has 1 aromatic carbocycles. The quantitative estimate of drug-likeness (QED) is 0.690. The number of nitrogens with zero attached hydrogens (tertiary/aromatic N) is 3. The van der Waals surface area contributed by atoms with Crippen molar-refractivity contribution in [3.8, 4) is 11.5 Å². The summed E-state index contributed by atoms with van der Waals surface area (Å²) in [5.41, 5.74) is -0.250. The first-order valence-corrected chi connectivity index (χ1v) is 6.66. The molecule has 0 saturated carbocycles. The zero-order chi connectivity index (χ0) is 14.8. The predicted octanol–water partition coefficient (Wildman–Crippen LogP) is 2.60. The molecule has 1 unspecified atom stereocenters. The van der Waals surface area contributed by atoms with Crippen molar-refractivity contribution in [3.63, 3.8) is 0 Å². The first-order chi connectivity index (χ1) is 10.1. The lowest BCUT2D eigenvalue weighted by atomic mass is 10.0. The average molecular weight is 292 g/mol. The Kier molecular flexibility index (Phi) is 3.61. The lowest BCUT2D eigenvalue weighted by Crippen LogP contribution is -2.27. The third kappa shape index (κ3) is 2.75. The molecule has 2 aromatic rings. The van der Waals surface area contributed by atoms with Gasteiger partial charge in [-0.25, -0.2) is 4.39 Å². The Morgan fingerprint density at radius 2 is 2.29 bits per heavy atom. The molecule has 1 fully saturated rings. The summed E-state index contributed by atoms with van der Waals surface area (Å²) in [4.78, 5) is 14.1. The molecule has 1 aliphatic rings. The largest absolute Gasteiger partial charge is 0.334 e. The van der Waals surface area contributed by atoms with E-state index in [1.807, 2.05) is 0 Å². The van der Waals surface area contributed by atoms with Crippen molar-refractivity contribution in [2.45, 2.75) is 25.3 Å². The summed E-state index contributed by atoms with van der Waals surface area (Å²) in [6.45, 7) is 0.889. The zero-order valence-corrected chi connectivity index (χ0v) is 11.1. The number of halogens is 1. The number of nitro benzene ring substituents is 1. The molecular weight excluding hydrogens is 279 g/mol. The van der Waals surface area contributed by atoms with E-state index in [1.165, 1.54) is 12.1 Å². The molecule has 110 valence electrons. The minimum absolute atomic E-state index is 0.0114. The van der Waals surface area contributed by atoms with E-state index < -0.39 is 10.7 Å². The fourth-order valence-corrected chi connectivity index (χ4v) is 2.35. The normalized spacial score (nSPS) is 18.6. The molecule has 21 heavy (non-hydrogen) atoms. The summed E-state index contributed by atoms with van der Waals surface area (Å²) in [5, 5.41) is 17.7. The second-order valence-electron chi connectivity index (χ2n) is 4.88. The maximum atomic E-state index is 13.9. The molecule has 1 aromatic heterocycles. The van der Waals surface area contributed by atoms with Gasteiger partial charge >= 0.3 is 0 Å². The van der Waals surface area contributed by atoms with Crippen molar-refractivity contribution < 1.29 is 13.8 Å². The topological polar surface area (TPSA) is 94.1 Å². The molecule has 1 atom stereocenters. The molecule has 0 radical (unpaired) electrons. The van der Waals surface area contributed by atoms with Crippen molar-refractivity contribution in [1.29, 1.82) is 0 Å². The summed E-state index contributed by atoms with van der Waals surface area (Å²) >= 11 is 0. The van der Waals surface area contributed by atoms with Crippen LogP contribution in [0.5, 0.6) is 0 Å². The predicted molar refractivity (Wildman–Crippen MR) is 70.9 cm³/mol. The number of nitrogens with one attached hydrogen (secondary N) is 1. The van der Waals surface area contributed by atoms with Crippen LogP contribution in [0, 0.1) is 15.9 Å². The Morgan fingerprint density at radius 3 is 2.95 bits per heavy atom. The summed E-state index contributed by atoms with van der Waals surface area (Å²) in [6.07, 6.45) is 3.09. The fraction of sp³-hybridized carbons (Fsp3) is 0.385. The third-order valence-electron chi connectivity index (χ3n) is 3.46. The Hall–Kier alpha value is -2.35. The van der Waals surface area contributed by atoms with Crippen LogP contribution in [0.4, 0.5) is 10.1 Å². The van der Waals surface area contributed by atoms with Crippen LogP contribution >= 0.6 is 0 Å². The lowest BCUT2D eigenvalue weighted by molar-refractivity contribution is -0.385. The van der Waals surface area contributed by atoms with Gasteiger partial charge in [0.1, 0.15) is 5.82 Å². The summed E-state index contributed by atoms with van der Waals surface area (Å²) in [6, 6.07) is 3.34. The van der Waals surface area contributed by atoms with Gasteiger partial charge in [-0.05, 0) is 25.5 Å². The molecule has 0 bridgehead atoms. The fourth-order valence-electron chi connectivity index (χ4n) is 2.35. The SMILES string of the molecule is O=[N+]([O-])c1ccc(-c2nc(C3CCCCN3)no2)c(F)c1. The van der Waals surface area contributed by atoms with E-state index in [-0.39, 0.29) is 23.2 Å². The Bertz CT molecular complexity index is 667. The van der Waals surface area contributed by atoms with Gasteiger partial charge in [0.25, 0.3) is 11.6 Å². The molecule has 0 amide bonds. The molecule has 2 heterocycles. The summed E-state index contributed by atoms with van der Waals surface area (Å²) in [7, 11) is 0. The van der Waals surface area contributed by atoms with Crippen molar-refractivity contribution in [2.75, 3.05) is 6.54 Å². The summed E-state index contributed by atoms with van der Waals surface area (Å²) in [5.74, 6) is -0.233. The summed E-state index contributed by atoms with van der Waals surface area (Å²) < 4.78 is 19.0. The molecule has 1 aliphatic heterocycles. The number of hydrogen-bond acceptors (Lipinski definition) is 6. The van der Waals surface area contributed by atoms with E-state index in [0.29, 0.717) is 5.82 Å². The number of benzene rings is 1. The van der Waals surface area contributed by atoms with Crippen molar-refractivity contribution in [1.82, 2.24) is 15.5 Å². The van der Waals surface area contributed by atoms with Crippen LogP contribution in [0.1, 0.15) is 31.1 Å². The van der Waals surface area contributed by atoms with Gasteiger partial charge in [-0.2, -0.15) is 4.98 Å². The van der Waals surface area contributed by atoms with Gasteiger partial charge < -0.3 is 9.84 Å². The van der Waals surface area contributed by atoms with Crippen LogP contribution < -0.4 is 5.32 Å². The first-order valence-electron chi connectivity index (χ1n) is 6.66. The Labute approximate surface area is 119 Å². The van der Waals surface area contributed by atoms with Gasteiger partial charge in [-0.15, -0.1) is 0 Å². The van der Waals surface area contributed by atoms with Crippen LogP contribution in [-0.4, -0.2) is 21.6 Å². The number of non-ortho nitro benzene ring substituents is 1. The number of nitro groups is 1. The van der Waals surface area contributed by atoms with E-state index in [0.717, 1.165) is 31.9 Å². The maximum absolute atomic E-state index is 13.9. The number of aromatic nitrogens is 2. The number of rotatable bonds is 3. The minimum Gasteiger partial charge on any atom is -0.334 e. The molecule has 1 saturated heterocycles. The van der Waals surface area contributed by atoms with E-state index in [2.05, 4.69) is 15.5 Å². The highest BCUT2D eigenvalue weighted by Crippen LogP contribution is 2.27. The van der Waals surface area contributed by atoms with Gasteiger partial charge in [0.2, 0.25) is 0 Å². The van der Waals surface area contributed by atoms with Crippen molar-refractivity contribution >= 4 is 5.69 Å². The van der Waals surface area contributed by atoms with E-state index >= 15 is 0 Å². The molecule has 1 N–H and O–H groups in total. The van der Waals surface area contributed by atoms with Crippen molar-refractivity contribution in [2.24, 2.45) is 0 Å². The average Bonchev–Trinajstić information content (AvgIpc) is 2.97. The molecule has 3 rings (SSSR count). The minimum atomic E-state index is -0.754. The molecular formula is C13H13FN4O3. The second-order valence-corrected chi connectivity index (χ2v) is 4.88. The molecule has 7 nitrogen and oxygen atoms in total. The van der Waals surface area contributed by atoms with Gasteiger partial charge in [0.05, 0.1) is 22.6 Å². The molecule has 0 spiro atoms. The smallest absolute Gasteiger partial charge is 0.272 e. The van der Waals surface area contributed by atoms with Gasteiger partial charge in [0.15, 0.2) is 5.82 Å². The van der Waals surface area contributed by atoms with Crippen LogP contribution in [0.25, 0.3) is 11.5 Å². The first kappa shape index (κ1) is 13.6. The molecule has 8 heteroatoms. The Balaban J connectivity index is 1.87. The zero-order valence-electron chi connectivity index (χ0n) is 11.1. The Morgan fingerprint density at radius 1 is 1.43 bits per heavy atom. The number of hydrogen-bond donors (Lipinski definition) is 1. The highest BCUT2D eigenvalue weighted by Gasteiger charge is 2.22. The second kappa shape index (κ2) is 5.57. The maximum Gasteiger partial charge on any atom is 0.272 e. The van der Waals surface area contributed by atoms with Crippen LogP contribution in [-0.2, 0) is 0 Å². The third-order valence-corrected chi connectivity index (χ3v) is 3.46. The lowest BCUT2D eigenvalue weighted by Gasteiger charge is -2.19. The van der Waals surface area contributed by atoms with E-state index in [4.69, 9.17) is 4.52 Å². The van der Waals surface area contributed by atoms with Crippen LogP contribution in [0.3, 0.4) is 0 Å². The highest BCUT2D eigenvalue weighted by molar-refractivity contribution is 5.56. The molecule has 0 aliphatic carbocycles. The standard InChI is InChI=1S/C13H13FN4O3/c14-10-7-8(18(19)20)4-5-9(10)13-16-12(17-21-13)11-3-1-2-6-15-11/h4-5,7,11,15H,1-3,6H2. The van der Waals surface area contributed by atoms with E-state index in [1.54, 1.807) is 0 Å². The van der Waals surface area contributed by atoms with Gasteiger partial charge in [-0.1, -0.05) is 11.6 Å².